The number of fused-ring (bicyclic) bond motifs is 4. The van der Waals surface area contributed by atoms with Crippen LogP contribution in [0.1, 0.15) is 0 Å². The Morgan fingerprint density at radius 2 is 1.79 bits per heavy atom. The van der Waals surface area contributed by atoms with Crippen LogP contribution < -0.4 is 5.32 Å². The first kappa shape index (κ1) is 16.7. The number of aromatic nitrogens is 3. The van der Waals surface area contributed by atoms with Crippen molar-refractivity contribution in [2.45, 2.75) is 0 Å². The highest BCUT2D eigenvalue weighted by molar-refractivity contribution is 7.23. The minimum atomic E-state index is 0.733. The Morgan fingerprint density at radius 3 is 2.69 bits per heavy atom. The van der Waals surface area contributed by atoms with Crippen LogP contribution in [0.3, 0.4) is 0 Å². The van der Waals surface area contributed by atoms with E-state index in [0.29, 0.717) is 0 Å². The molecule has 0 spiro atoms. The summed E-state index contributed by atoms with van der Waals surface area (Å²) in [4.78, 5) is 9.32. The third-order valence-corrected chi connectivity index (χ3v) is 6.33. The third kappa shape index (κ3) is 2.63. The number of rotatable bonds is 3. The molecule has 4 nitrogen and oxygen atoms in total. The number of nitrogens with one attached hydrogen (secondary N) is 2. The molecule has 3 aromatic carbocycles. The number of benzene rings is 3. The maximum atomic E-state index is 6.22. The van der Waals surface area contributed by atoms with E-state index in [9.17, 15) is 0 Å². The summed E-state index contributed by atoms with van der Waals surface area (Å²) in [6.45, 7) is 0. The Hall–Kier alpha value is -3.28. The van der Waals surface area contributed by atoms with Gasteiger partial charge in [0, 0.05) is 33.4 Å². The molecular formula is C23H15ClN4S. The molecule has 0 saturated carbocycles. The van der Waals surface area contributed by atoms with Crippen LogP contribution in [-0.2, 0) is 0 Å². The van der Waals surface area contributed by atoms with Crippen molar-refractivity contribution in [1.29, 1.82) is 0 Å². The molecule has 0 aliphatic rings. The van der Waals surface area contributed by atoms with E-state index in [0.717, 1.165) is 53.9 Å². The van der Waals surface area contributed by atoms with Crippen molar-refractivity contribution in [3.8, 4) is 11.3 Å². The van der Waals surface area contributed by atoms with Gasteiger partial charge in [0.1, 0.15) is 11.5 Å². The SMILES string of the molecule is Clc1ccc2c(c1)sc1nc(-c3c[nH]c4ccccc34)c(Nc3ccccc3)n12. The number of anilines is 2. The molecule has 3 heterocycles. The first-order valence-electron chi connectivity index (χ1n) is 9.27. The zero-order valence-corrected chi connectivity index (χ0v) is 16.8. The molecule has 0 bridgehead atoms. The van der Waals surface area contributed by atoms with E-state index >= 15 is 0 Å². The molecule has 0 fully saturated rings. The first-order chi connectivity index (χ1) is 14.3. The molecule has 2 N–H and O–H groups in total. The molecule has 29 heavy (non-hydrogen) atoms. The molecule has 0 aliphatic carbocycles. The molecule has 0 atom stereocenters. The molecular weight excluding hydrogens is 400 g/mol. The highest BCUT2D eigenvalue weighted by Crippen LogP contribution is 2.40. The predicted octanol–water partition coefficient (Wildman–Crippen LogP) is 7.09. The Morgan fingerprint density at radius 1 is 0.966 bits per heavy atom. The normalized spacial score (nSPS) is 11.6. The molecule has 0 amide bonds. The molecule has 0 radical (unpaired) electrons. The van der Waals surface area contributed by atoms with Gasteiger partial charge in [-0.3, -0.25) is 4.40 Å². The van der Waals surface area contributed by atoms with Crippen molar-refractivity contribution >= 4 is 60.5 Å². The van der Waals surface area contributed by atoms with Crippen LogP contribution >= 0.6 is 22.9 Å². The zero-order chi connectivity index (χ0) is 19.4. The van der Waals surface area contributed by atoms with Crippen molar-refractivity contribution in [2.24, 2.45) is 0 Å². The molecule has 6 rings (SSSR count). The van der Waals surface area contributed by atoms with Gasteiger partial charge in [0.25, 0.3) is 0 Å². The van der Waals surface area contributed by atoms with Gasteiger partial charge in [0.05, 0.1) is 10.2 Å². The van der Waals surface area contributed by atoms with Crippen molar-refractivity contribution in [3.63, 3.8) is 0 Å². The topological polar surface area (TPSA) is 45.1 Å². The minimum absolute atomic E-state index is 0.733. The fourth-order valence-electron chi connectivity index (χ4n) is 3.77. The number of nitrogens with zero attached hydrogens (tertiary/aromatic N) is 2. The monoisotopic (exact) mass is 414 g/mol. The maximum absolute atomic E-state index is 6.22. The van der Waals surface area contributed by atoms with E-state index in [1.54, 1.807) is 11.3 Å². The molecule has 0 saturated heterocycles. The van der Waals surface area contributed by atoms with Crippen molar-refractivity contribution in [1.82, 2.24) is 14.4 Å². The van der Waals surface area contributed by atoms with Crippen molar-refractivity contribution in [3.05, 3.63) is 84.0 Å². The van der Waals surface area contributed by atoms with Gasteiger partial charge < -0.3 is 10.3 Å². The van der Waals surface area contributed by atoms with Gasteiger partial charge in [-0.25, -0.2) is 4.98 Å². The third-order valence-electron chi connectivity index (χ3n) is 5.09. The summed E-state index contributed by atoms with van der Waals surface area (Å²) in [6, 6.07) is 24.5. The molecule has 0 aliphatic heterocycles. The van der Waals surface area contributed by atoms with Gasteiger partial charge >= 0.3 is 0 Å². The smallest absolute Gasteiger partial charge is 0.197 e. The summed E-state index contributed by atoms with van der Waals surface area (Å²) in [6.07, 6.45) is 2.03. The largest absolute Gasteiger partial charge is 0.360 e. The molecule has 6 aromatic rings. The Balaban J connectivity index is 1.66. The summed E-state index contributed by atoms with van der Waals surface area (Å²) in [5.74, 6) is 0.949. The summed E-state index contributed by atoms with van der Waals surface area (Å²) in [7, 11) is 0. The first-order valence-corrected chi connectivity index (χ1v) is 10.5. The standard InChI is InChI=1S/C23H15ClN4S/c24-14-10-11-19-20(12-14)29-23-27-21(17-13-25-18-9-5-4-8-16(17)18)22(28(19)23)26-15-6-2-1-3-7-15/h1-13,25-26H. The molecule has 0 unspecified atom stereocenters. The number of H-pyrrole nitrogens is 1. The number of aromatic amines is 1. The molecule has 6 heteroatoms. The van der Waals surface area contributed by atoms with Crippen LogP contribution in [0.4, 0.5) is 11.5 Å². The Kier molecular flexibility index (Phi) is 3.66. The molecule has 3 aromatic heterocycles. The summed E-state index contributed by atoms with van der Waals surface area (Å²) in [5, 5.41) is 5.49. The van der Waals surface area contributed by atoms with Gasteiger partial charge in [0.2, 0.25) is 0 Å². The summed E-state index contributed by atoms with van der Waals surface area (Å²) in [5.41, 5.74) is 5.21. The van der Waals surface area contributed by atoms with Crippen molar-refractivity contribution < 1.29 is 0 Å². The number of para-hydroxylation sites is 2. The predicted molar refractivity (Wildman–Crippen MR) is 123 cm³/mol. The van der Waals surface area contributed by atoms with E-state index in [1.165, 1.54) is 0 Å². The van der Waals surface area contributed by atoms with Crippen LogP contribution in [0, 0.1) is 0 Å². The number of hydrogen-bond acceptors (Lipinski definition) is 3. The van der Waals surface area contributed by atoms with E-state index in [-0.39, 0.29) is 0 Å². The van der Waals surface area contributed by atoms with Crippen molar-refractivity contribution in [2.75, 3.05) is 5.32 Å². The van der Waals surface area contributed by atoms with Crippen LogP contribution in [-0.4, -0.2) is 14.4 Å². The van der Waals surface area contributed by atoms with Gasteiger partial charge in [-0.2, -0.15) is 0 Å². The summed E-state index contributed by atoms with van der Waals surface area (Å²) >= 11 is 7.86. The van der Waals surface area contributed by atoms with E-state index in [1.807, 2.05) is 42.6 Å². The second kappa shape index (κ2) is 6.37. The molecule has 140 valence electrons. The van der Waals surface area contributed by atoms with Gasteiger partial charge in [-0.1, -0.05) is 59.3 Å². The number of thiazole rings is 1. The Bertz CT molecular complexity index is 1490. The average molecular weight is 415 g/mol. The van der Waals surface area contributed by atoms with Crippen LogP contribution in [0.25, 0.3) is 37.3 Å². The van der Waals surface area contributed by atoms with Gasteiger partial charge in [0.15, 0.2) is 4.96 Å². The zero-order valence-electron chi connectivity index (χ0n) is 15.2. The lowest BCUT2D eigenvalue weighted by atomic mass is 10.1. The lowest BCUT2D eigenvalue weighted by Crippen LogP contribution is -1.96. The number of hydrogen-bond donors (Lipinski definition) is 2. The lowest BCUT2D eigenvalue weighted by molar-refractivity contribution is 1.28. The van der Waals surface area contributed by atoms with Gasteiger partial charge in [-0.05, 0) is 36.4 Å². The lowest BCUT2D eigenvalue weighted by Gasteiger charge is -2.08. The van der Waals surface area contributed by atoms with Gasteiger partial charge in [-0.15, -0.1) is 0 Å². The van der Waals surface area contributed by atoms with E-state index in [2.05, 4.69) is 51.1 Å². The van der Waals surface area contributed by atoms with Crippen LogP contribution in [0.5, 0.6) is 0 Å². The number of imidazole rings is 1. The maximum Gasteiger partial charge on any atom is 0.197 e. The fourth-order valence-corrected chi connectivity index (χ4v) is 5.07. The number of halogens is 1. The van der Waals surface area contributed by atoms with Crippen LogP contribution in [0.15, 0.2) is 79.0 Å². The highest BCUT2D eigenvalue weighted by Gasteiger charge is 2.21. The second-order valence-corrected chi connectivity index (χ2v) is 8.33. The van der Waals surface area contributed by atoms with E-state index < -0.39 is 0 Å². The summed E-state index contributed by atoms with van der Waals surface area (Å²) < 4.78 is 3.29. The highest BCUT2D eigenvalue weighted by atomic mass is 35.5. The fraction of sp³-hybridized carbons (Fsp3) is 0. The van der Waals surface area contributed by atoms with Crippen LogP contribution in [0.2, 0.25) is 5.02 Å². The Labute approximate surface area is 175 Å². The van der Waals surface area contributed by atoms with E-state index in [4.69, 9.17) is 16.6 Å². The second-order valence-electron chi connectivity index (χ2n) is 6.88. The average Bonchev–Trinajstić information content (AvgIpc) is 3.40. The minimum Gasteiger partial charge on any atom is -0.360 e. The quantitative estimate of drug-likeness (QED) is 0.324.